The smallest absolute Gasteiger partial charge is 0.141 e. The third kappa shape index (κ3) is 2.99. The first-order valence-corrected chi connectivity index (χ1v) is 6.14. The maximum atomic E-state index is 12.1. The molecular weight excluding hydrogens is 238 g/mol. The summed E-state index contributed by atoms with van der Waals surface area (Å²) in [6.45, 7) is 1.73. The molecule has 0 saturated carbocycles. The number of benzene rings is 1. The van der Waals surface area contributed by atoms with Crippen molar-refractivity contribution in [2.75, 3.05) is 20.2 Å². The normalized spacial score (nSPS) is 19.3. The second-order valence-electron chi connectivity index (χ2n) is 4.29. The molecule has 0 aliphatic carbocycles. The van der Waals surface area contributed by atoms with E-state index >= 15 is 0 Å². The lowest BCUT2D eigenvalue weighted by molar-refractivity contribution is -0.121. The Morgan fingerprint density at radius 2 is 2.41 bits per heavy atom. The zero-order valence-corrected chi connectivity index (χ0v) is 10.6. The summed E-state index contributed by atoms with van der Waals surface area (Å²) in [4.78, 5) is 12.1. The molecule has 1 atom stereocenters. The van der Waals surface area contributed by atoms with Crippen LogP contribution in [-0.2, 0) is 11.2 Å². The molecule has 2 rings (SSSR count). The molecule has 0 aromatic heterocycles. The zero-order chi connectivity index (χ0) is 12.3. The zero-order valence-electron chi connectivity index (χ0n) is 9.83. The molecule has 0 spiro atoms. The quantitative estimate of drug-likeness (QED) is 0.893. The number of carbonyl (C=O) groups excluding carboxylic acids is 1. The van der Waals surface area contributed by atoms with Gasteiger partial charge in [-0.2, -0.15) is 0 Å². The van der Waals surface area contributed by atoms with Gasteiger partial charge in [-0.1, -0.05) is 11.6 Å². The average molecular weight is 254 g/mol. The Morgan fingerprint density at radius 1 is 1.59 bits per heavy atom. The molecule has 1 N–H and O–H groups in total. The Morgan fingerprint density at radius 3 is 3.06 bits per heavy atom. The van der Waals surface area contributed by atoms with Gasteiger partial charge >= 0.3 is 0 Å². The van der Waals surface area contributed by atoms with Gasteiger partial charge < -0.3 is 10.1 Å². The molecule has 0 bridgehead atoms. The molecule has 1 aromatic rings. The van der Waals surface area contributed by atoms with Gasteiger partial charge in [0.1, 0.15) is 11.5 Å². The lowest BCUT2D eigenvalue weighted by Gasteiger charge is -2.11. The van der Waals surface area contributed by atoms with Crippen molar-refractivity contribution in [3.8, 4) is 5.75 Å². The molecule has 4 heteroatoms. The molecular formula is C13H16ClNO2. The lowest BCUT2D eigenvalue weighted by atomic mass is 9.97. The average Bonchev–Trinajstić information content (AvgIpc) is 2.83. The number of carbonyl (C=O) groups is 1. The van der Waals surface area contributed by atoms with Crippen molar-refractivity contribution in [3.63, 3.8) is 0 Å². The fourth-order valence-corrected chi connectivity index (χ4v) is 2.34. The largest absolute Gasteiger partial charge is 0.496 e. The Kier molecular flexibility index (Phi) is 4.02. The van der Waals surface area contributed by atoms with Crippen molar-refractivity contribution in [1.29, 1.82) is 0 Å². The highest BCUT2D eigenvalue weighted by atomic mass is 35.5. The van der Waals surface area contributed by atoms with E-state index in [0.717, 1.165) is 30.8 Å². The van der Waals surface area contributed by atoms with Crippen molar-refractivity contribution in [3.05, 3.63) is 28.8 Å². The summed E-state index contributed by atoms with van der Waals surface area (Å²) in [5.74, 6) is 1.13. The number of rotatable bonds is 4. The molecule has 1 heterocycles. The van der Waals surface area contributed by atoms with Crippen LogP contribution in [0.3, 0.4) is 0 Å². The number of nitrogens with one attached hydrogen (secondary N) is 1. The molecule has 1 saturated heterocycles. The predicted molar refractivity (Wildman–Crippen MR) is 67.7 cm³/mol. The van der Waals surface area contributed by atoms with Crippen LogP contribution in [0.15, 0.2) is 18.2 Å². The number of halogens is 1. The molecule has 1 fully saturated rings. The summed E-state index contributed by atoms with van der Waals surface area (Å²) in [6.07, 6.45) is 1.33. The molecule has 92 valence electrons. The van der Waals surface area contributed by atoms with Crippen molar-refractivity contribution in [2.45, 2.75) is 12.8 Å². The summed E-state index contributed by atoms with van der Waals surface area (Å²) in [5, 5.41) is 3.84. The summed E-state index contributed by atoms with van der Waals surface area (Å²) >= 11 is 5.94. The van der Waals surface area contributed by atoms with Crippen molar-refractivity contribution in [2.24, 2.45) is 5.92 Å². The van der Waals surface area contributed by atoms with Gasteiger partial charge in [-0.25, -0.2) is 0 Å². The Balaban J connectivity index is 2.11. The molecule has 0 radical (unpaired) electrons. The first kappa shape index (κ1) is 12.4. The molecule has 3 nitrogen and oxygen atoms in total. The van der Waals surface area contributed by atoms with Gasteiger partial charge in [-0.3, -0.25) is 4.79 Å². The third-order valence-corrected chi connectivity index (χ3v) is 3.36. The van der Waals surface area contributed by atoms with Gasteiger partial charge in [-0.15, -0.1) is 0 Å². The van der Waals surface area contributed by atoms with Crippen LogP contribution >= 0.6 is 11.6 Å². The van der Waals surface area contributed by atoms with Crippen LogP contribution in [0.1, 0.15) is 12.0 Å². The topological polar surface area (TPSA) is 38.3 Å². The van der Waals surface area contributed by atoms with Crippen molar-refractivity contribution in [1.82, 2.24) is 5.32 Å². The SMILES string of the molecule is COc1ccc(Cl)cc1CC(=O)C1CCNC1. The highest BCUT2D eigenvalue weighted by molar-refractivity contribution is 6.30. The summed E-state index contributed by atoms with van der Waals surface area (Å²) in [5.41, 5.74) is 0.872. The number of ether oxygens (including phenoxy) is 1. The summed E-state index contributed by atoms with van der Waals surface area (Å²) in [7, 11) is 1.61. The monoisotopic (exact) mass is 253 g/mol. The van der Waals surface area contributed by atoms with Crippen molar-refractivity contribution < 1.29 is 9.53 Å². The second-order valence-corrected chi connectivity index (χ2v) is 4.73. The first-order valence-electron chi connectivity index (χ1n) is 5.76. The highest BCUT2D eigenvalue weighted by Gasteiger charge is 2.23. The summed E-state index contributed by atoms with van der Waals surface area (Å²) < 4.78 is 5.24. The van der Waals surface area contributed by atoms with E-state index in [1.807, 2.05) is 0 Å². The standard InChI is InChI=1S/C13H16ClNO2/c1-17-13-3-2-11(14)6-10(13)7-12(16)9-4-5-15-8-9/h2-3,6,9,15H,4-5,7-8H2,1H3. The van der Waals surface area contributed by atoms with E-state index in [1.54, 1.807) is 25.3 Å². The maximum Gasteiger partial charge on any atom is 0.141 e. The molecule has 1 aromatic carbocycles. The number of ketones is 1. The predicted octanol–water partition coefficient (Wildman–Crippen LogP) is 2.07. The van der Waals surface area contributed by atoms with E-state index in [0.29, 0.717) is 11.4 Å². The Bertz CT molecular complexity index is 414. The van der Waals surface area contributed by atoms with E-state index in [-0.39, 0.29) is 11.7 Å². The first-order chi connectivity index (χ1) is 8.20. The number of Topliss-reactive ketones (excluding diaryl/α,β-unsaturated/α-hetero) is 1. The molecule has 1 aliphatic rings. The van der Waals surface area contributed by atoms with Crippen LogP contribution in [0.5, 0.6) is 5.75 Å². The van der Waals surface area contributed by atoms with Crippen LogP contribution in [0.2, 0.25) is 5.02 Å². The number of hydrogen-bond acceptors (Lipinski definition) is 3. The number of hydrogen-bond donors (Lipinski definition) is 1. The van der Waals surface area contributed by atoms with Crippen LogP contribution in [0.25, 0.3) is 0 Å². The van der Waals surface area contributed by atoms with Crippen LogP contribution < -0.4 is 10.1 Å². The molecule has 1 aliphatic heterocycles. The van der Waals surface area contributed by atoms with Crippen molar-refractivity contribution >= 4 is 17.4 Å². The van der Waals surface area contributed by atoms with Gasteiger partial charge in [-0.05, 0) is 31.2 Å². The highest BCUT2D eigenvalue weighted by Crippen LogP contribution is 2.24. The van der Waals surface area contributed by atoms with Crippen LogP contribution in [-0.4, -0.2) is 26.0 Å². The van der Waals surface area contributed by atoms with Gasteiger partial charge in [0, 0.05) is 29.5 Å². The molecule has 0 amide bonds. The van der Waals surface area contributed by atoms with E-state index in [4.69, 9.17) is 16.3 Å². The van der Waals surface area contributed by atoms with Crippen LogP contribution in [0, 0.1) is 5.92 Å². The van der Waals surface area contributed by atoms with Gasteiger partial charge in [0.25, 0.3) is 0 Å². The minimum atomic E-state index is 0.138. The third-order valence-electron chi connectivity index (χ3n) is 3.12. The van der Waals surface area contributed by atoms with E-state index in [2.05, 4.69) is 5.32 Å². The van der Waals surface area contributed by atoms with E-state index in [1.165, 1.54) is 0 Å². The Labute approximate surface area is 106 Å². The van der Waals surface area contributed by atoms with E-state index < -0.39 is 0 Å². The minimum absolute atomic E-state index is 0.138. The summed E-state index contributed by atoms with van der Waals surface area (Å²) in [6, 6.07) is 5.38. The maximum absolute atomic E-state index is 12.1. The van der Waals surface area contributed by atoms with Gasteiger partial charge in [0.2, 0.25) is 0 Å². The minimum Gasteiger partial charge on any atom is -0.496 e. The fraction of sp³-hybridized carbons (Fsp3) is 0.462. The fourth-order valence-electron chi connectivity index (χ4n) is 2.15. The second kappa shape index (κ2) is 5.52. The van der Waals surface area contributed by atoms with Crippen LogP contribution in [0.4, 0.5) is 0 Å². The molecule has 17 heavy (non-hydrogen) atoms. The van der Waals surface area contributed by atoms with E-state index in [9.17, 15) is 4.79 Å². The van der Waals surface area contributed by atoms with Gasteiger partial charge in [0.05, 0.1) is 7.11 Å². The molecule has 1 unspecified atom stereocenters. The number of methoxy groups -OCH3 is 1. The Hall–Kier alpha value is -1.06. The lowest BCUT2D eigenvalue weighted by Crippen LogP contribution is -2.19. The van der Waals surface area contributed by atoms with Gasteiger partial charge in [0.15, 0.2) is 0 Å².